The molecule has 2 atom stereocenters. The Morgan fingerprint density at radius 2 is 1.94 bits per heavy atom. The first-order valence-electron chi connectivity index (χ1n) is 11.3. The van der Waals surface area contributed by atoms with E-state index in [0.29, 0.717) is 37.9 Å². The number of aliphatic imine (C=N–C) groups is 1. The zero-order valence-electron chi connectivity index (χ0n) is 17.8. The van der Waals surface area contributed by atoms with Crippen LogP contribution in [0.3, 0.4) is 0 Å². The summed E-state index contributed by atoms with van der Waals surface area (Å²) < 4.78 is 13.6. The van der Waals surface area contributed by atoms with E-state index in [-0.39, 0.29) is 42.8 Å². The van der Waals surface area contributed by atoms with Crippen LogP contribution in [-0.4, -0.2) is 65.7 Å². The second kappa shape index (κ2) is 8.65. The van der Waals surface area contributed by atoms with E-state index in [2.05, 4.69) is 15.6 Å². The summed E-state index contributed by atoms with van der Waals surface area (Å²) in [6.45, 7) is 0.689. The number of hydrogen-bond donors (Lipinski definition) is 2. The van der Waals surface area contributed by atoms with Crippen LogP contribution in [0.4, 0.5) is 4.39 Å². The van der Waals surface area contributed by atoms with Crippen molar-refractivity contribution in [2.75, 3.05) is 19.6 Å². The Bertz CT molecular complexity index is 811. The van der Waals surface area contributed by atoms with E-state index in [1.165, 1.54) is 4.90 Å². The molecule has 0 spiro atoms. The van der Waals surface area contributed by atoms with Crippen LogP contribution in [-0.2, 0) is 14.4 Å². The quantitative estimate of drug-likeness (QED) is 0.698. The summed E-state index contributed by atoms with van der Waals surface area (Å²) in [6.07, 6.45) is 5.57. The molecule has 0 aromatic rings. The van der Waals surface area contributed by atoms with E-state index in [1.807, 2.05) is 6.07 Å². The van der Waals surface area contributed by atoms with Crippen molar-refractivity contribution < 1.29 is 18.8 Å². The number of halogens is 1. The Labute approximate surface area is 181 Å². The number of hydrogen-bond acceptors (Lipinski definition) is 5. The van der Waals surface area contributed by atoms with Gasteiger partial charge in [0, 0.05) is 18.5 Å². The first kappa shape index (κ1) is 21.9. The number of rotatable bonds is 4. The highest BCUT2D eigenvalue weighted by Gasteiger charge is 2.52. The molecule has 8 nitrogen and oxygen atoms in total. The molecule has 2 unspecified atom stereocenters. The van der Waals surface area contributed by atoms with Crippen LogP contribution in [0.1, 0.15) is 64.2 Å². The average Bonchev–Trinajstić information content (AvgIpc) is 3.06. The molecule has 5 rings (SSSR count). The van der Waals surface area contributed by atoms with E-state index < -0.39 is 17.6 Å². The van der Waals surface area contributed by atoms with E-state index >= 15 is 0 Å². The highest BCUT2D eigenvalue weighted by atomic mass is 19.1. The Kier molecular flexibility index (Phi) is 6.11. The lowest BCUT2D eigenvalue weighted by atomic mass is 9.57. The molecular weight excluding hydrogens is 401 g/mol. The molecule has 2 N–H and O–H groups in total. The molecule has 2 saturated heterocycles. The third-order valence-corrected chi connectivity index (χ3v) is 7.66. The Balaban J connectivity index is 1.34. The van der Waals surface area contributed by atoms with Crippen molar-refractivity contribution in [2.24, 2.45) is 10.4 Å². The topological polar surface area (TPSA) is 115 Å². The van der Waals surface area contributed by atoms with Gasteiger partial charge in [-0.25, -0.2) is 9.38 Å². The van der Waals surface area contributed by atoms with Gasteiger partial charge in [0.15, 0.2) is 0 Å². The summed E-state index contributed by atoms with van der Waals surface area (Å²) >= 11 is 0. The molecule has 2 heterocycles. The molecule has 0 aromatic carbocycles. The van der Waals surface area contributed by atoms with Gasteiger partial charge in [0.2, 0.25) is 5.91 Å². The fourth-order valence-corrected chi connectivity index (χ4v) is 5.50. The molecule has 168 valence electrons. The monoisotopic (exact) mass is 431 g/mol. The molecule has 31 heavy (non-hydrogen) atoms. The molecule has 2 bridgehead atoms. The maximum atomic E-state index is 13.6. The Morgan fingerprint density at radius 1 is 1.23 bits per heavy atom. The van der Waals surface area contributed by atoms with Gasteiger partial charge >= 0.3 is 0 Å². The third-order valence-electron chi connectivity index (χ3n) is 7.66. The first-order valence-corrected chi connectivity index (χ1v) is 11.3. The molecule has 3 aliphatic carbocycles. The van der Waals surface area contributed by atoms with Crippen LogP contribution < -0.4 is 10.6 Å². The summed E-state index contributed by atoms with van der Waals surface area (Å²) in [6, 6.07) is 1.32. The van der Waals surface area contributed by atoms with Gasteiger partial charge in [-0.1, -0.05) is 0 Å². The molecule has 5 fully saturated rings. The van der Waals surface area contributed by atoms with Crippen LogP contribution in [0, 0.1) is 16.7 Å². The van der Waals surface area contributed by atoms with E-state index in [9.17, 15) is 18.8 Å². The van der Waals surface area contributed by atoms with Crippen molar-refractivity contribution in [3.63, 3.8) is 0 Å². The summed E-state index contributed by atoms with van der Waals surface area (Å²) in [7, 11) is 0. The summed E-state index contributed by atoms with van der Waals surface area (Å²) in [5.74, 6) is -0.645. The van der Waals surface area contributed by atoms with Gasteiger partial charge < -0.3 is 15.5 Å². The van der Waals surface area contributed by atoms with Crippen LogP contribution in [0.2, 0.25) is 0 Å². The van der Waals surface area contributed by atoms with Crippen LogP contribution in [0.15, 0.2) is 4.99 Å². The average molecular weight is 432 g/mol. The second-order valence-corrected chi connectivity index (χ2v) is 9.51. The summed E-state index contributed by atoms with van der Waals surface area (Å²) in [4.78, 5) is 43.3. The number of carbonyl (C=O) groups is 3. The predicted molar refractivity (Wildman–Crippen MR) is 111 cm³/mol. The van der Waals surface area contributed by atoms with Crippen molar-refractivity contribution in [3.8, 4) is 6.07 Å². The molecule has 2 aliphatic heterocycles. The minimum Gasteiger partial charge on any atom is -0.351 e. The van der Waals surface area contributed by atoms with Crippen molar-refractivity contribution in [3.05, 3.63) is 0 Å². The molecular formula is C22H30FN5O3. The van der Waals surface area contributed by atoms with E-state index in [4.69, 9.17) is 5.26 Å². The smallest absolute Gasteiger partial charge is 0.265 e. The van der Waals surface area contributed by atoms with E-state index in [0.717, 1.165) is 32.1 Å². The molecule has 9 heteroatoms. The zero-order valence-corrected chi connectivity index (χ0v) is 17.8. The fraction of sp³-hybridized carbons (Fsp3) is 0.773. The maximum Gasteiger partial charge on any atom is 0.265 e. The number of carbonyl (C=O) groups excluding carboxylic acids is 3. The van der Waals surface area contributed by atoms with Crippen molar-refractivity contribution in [1.29, 1.82) is 5.26 Å². The highest BCUT2D eigenvalue weighted by Crippen LogP contribution is 2.53. The number of nitriles is 1. The SMILES string of the molecule is N#CC1CC(F)CN1C(=O)CNC12CCC(C(=O)N=C3CCCCNC3=O)(CC1)CC2. The number of fused-ring (bicyclic) bond motifs is 3. The fourth-order valence-electron chi connectivity index (χ4n) is 5.50. The maximum absolute atomic E-state index is 13.6. The van der Waals surface area contributed by atoms with Gasteiger partial charge in [-0.2, -0.15) is 5.26 Å². The van der Waals surface area contributed by atoms with Crippen LogP contribution >= 0.6 is 0 Å². The zero-order chi connectivity index (χ0) is 22.1. The molecule has 3 saturated carbocycles. The van der Waals surface area contributed by atoms with Crippen LogP contribution in [0.5, 0.6) is 0 Å². The van der Waals surface area contributed by atoms with Gasteiger partial charge in [0.25, 0.3) is 11.8 Å². The second-order valence-electron chi connectivity index (χ2n) is 9.51. The highest BCUT2D eigenvalue weighted by molar-refractivity contribution is 6.40. The van der Waals surface area contributed by atoms with Gasteiger partial charge in [-0.15, -0.1) is 0 Å². The minimum atomic E-state index is -1.14. The lowest BCUT2D eigenvalue weighted by Crippen LogP contribution is -2.58. The summed E-state index contributed by atoms with van der Waals surface area (Å²) in [5, 5.41) is 15.3. The van der Waals surface area contributed by atoms with Crippen molar-refractivity contribution in [1.82, 2.24) is 15.5 Å². The standard InChI is InChI=1S/C22H30FN5O3/c23-15-11-16(12-24)28(14-15)18(29)13-26-22-7-4-21(5-8-22,6-9-22)20(31)27-17-3-1-2-10-25-19(17)30/h15-16,26H,1-11,13-14H2,(H,25,30). The number of amides is 3. The van der Waals surface area contributed by atoms with E-state index in [1.54, 1.807) is 0 Å². The van der Waals surface area contributed by atoms with Gasteiger partial charge in [0.05, 0.1) is 24.6 Å². The number of nitrogens with one attached hydrogen (secondary N) is 2. The molecule has 5 aliphatic rings. The Morgan fingerprint density at radius 3 is 2.61 bits per heavy atom. The predicted octanol–water partition coefficient (Wildman–Crippen LogP) is 1.40. The van der Waals surface area contributed by atoms with Crippen molar-refractivity contribution >= 4 is 23.4 Å². The lowest BCUT2D eigenvalue weighted by molar-refractivity contribution is -0.136. The molecule has 3 amide bonds. The Hall–Kier alpha value is -2.34. The third kappa shape index (κ3) is 4.36. The van der Waals surface area contributed by atoms with Gasteiger partial charge in [-0.3, -0.25) is 14.4 Å². The number of likely N-dealkylation sites (tertiary alicyclic amines) is 1. The first-order chi connectivity index (χ1) is 14.9. The lowest BCUT2D eigenvalue weighted by Gasteiger charge is -2.52. The normalized spacial score (nSPS) is 36.7. The number of alkyl halides is 1. The van der Waals surface area contributed by atoms with Crippen LogP contribution in [0.25, 0.3) is 0 Å². The van der Waals surface area contributed by atoms with Crippen molar-refractivity contribution in [2.45, 2.75) is 82.0 Å². The largest absolute Gasteiger partial charge is 0.351 e. The minimum absolute atomic E-state index is 0.0166. The van der Waals surface area contributed by atoms with Gasteiger partial charge in [-0.05, 0) is 57.8 Å². The number of nitrogens with zero attached hydrogens (tertiary/aromatic N) is 3. The van der Waals surface area contributed by atoms with Gasteiger partial charge in [0.1, 0.15) is 17.9 Å². The molecule has 0 aromatic heterocycles. The summed E-state index contributed by atoms with van der Waals surface area (Å²) in [5.41, 5.74) is -0.358. The molecule has 0 radical (unpaired) electrons.